The van der Waals surface area contributed by atoms with Gasteiger partial charge in [0.05, 0.1) is 6.04 Å². The maximum atomic E-state index is 12.7. The number of amides is 1. The van der Waals surface area contributed by atoms with Crippen molar-refractivity contribution in [2.24, 2.45) is 0 Å². The summed E-state index contributed by atoms with van der Waals surface area (Å²) in [5, 5.41) is 3.17. The van der Waals surface area contributed by atoms with E-state index >= 15 is 0 Å². The first-order chi connectivity index (χ1) is 12.9. The first kappa shape index (κ1) is 19.6. The van der Waals surface area contributed by atoms with E-state index in [0.29, 0.717) is 6.54 Å². The fraction of sp³-hybridized carbons (Fsp3) is 0.435. The second-order valence-electron chi connectivity index (χ2n) is 7.77. The lowest BCUT2D eigenvalue weighted by atomic mass is 10.0. The van der Waals surface area contributed by atoms with E-state index in [1.165, 1.54) is 16.7 Å². The zero-order valence-electron chi connectivity index (χ0n) is 17.0. The van der Waals surface area contributed by atoms with Crippen LogP contribution in [-0.4, -0.2) is 55.5 Å². The number of nitrogens with one attached hydrogen (secondary N) is 1. The van der Waals surface area contributed by atoms with Crippen LogP contribution in [0.5, 0.6) is 0 Å². The van der Waals surface area contributed by atoms with E-state index in [-0.39, 0.29) is 11.9 Å². The summed E-state index contributed by atoms with van der Waals surface area (Å²) in [4.78, 5) is 17.5. The van der Waals surface area contributed by atoms with Crippen LogP contribution in [0.4, 0.5) is 0 Å². The Bertz CT molecular complexity index is 777. The fourth-order valence-corrected chi connectivity index (χ4v) is 3.55. The third kappa shape index (κ3) is 4.96. The van der Waals surface area contributed by atoms with E-state index in [4.69, 9.17) is 0 Å². The van der Waals surface area contributed by atoms with Gasteiger partial charge in [-0.25, -0.2) is 0 Å². The number of hydrogen-bond acceptors (Lipinski definition) is 3. The van der Waals surface area contributed by atoms with Gasteiger partial charge in [0.2, 0.25) is 0 Å². The van der Waals surface area contributed by atoms with Gasteiger partial charge in [-0.2, -0.15) is 0 Å². The Morgan fingerprint density at radius 2 is 1.63 bits per heavy atom. The second kappa shape index (κ2) is 8.68. The molecule has 1 amide bonds. The molecule has 0 unspecified atom stereocenters. The van der Waals surface area contributed by atoms with Crippen LogP contribution in [0.2, 0.25) is 0 Å². The SMILES string of the molecule is Cc1ccc([C@@H](CNC(=O)c2ccc(C)c(C)c2)N2CCN(C)CC2)cc1. The minimum absolute atomic E-state index is 0.00402. The van der Waals surface area contributed by atoms with Gasteiger partial charge in [-0.05, 0) is 56.6 Å². The normalized spacial score (nSPS) is 16.9. The molecule has 3 rings (SSSR count). The van der Waals surface area contributed by atoms with Gasteiger partial charge in [-0.1, -0.05) is 35.9 Å². The molecule has 1 heterocycles. The zero-order chi connectivity index (χ0) is 19.4. The number of carbonyl (C=O) groups is 1. The van der Waals surface area contributed by atoms with Crippen molar-refractivity contribution in [3.8, 4) is 0 Å². The molecule has 0 aromatic heterocycles. The van der Waals surface area contributed by atoms with Gasteiger partial charge < -0.3 is 10.2 Å². The summed E-state index contributed by atoms with van der Waals surface area (Å²) in [7, 11) is 2.17. The summed E-state index contributed by atoms with van der Waals surface area (Å²) >= 11 is 0. The van der Waals surface area contributed by atoms with Gasteiger partial charge in [0, 0.05) is 38.3 Å². The lowest BCUT2D eigenvalue weighted by Gasteiger charge is -2.38. The van der Waals surface area contributed by atoms with Crippen LogP contribution in [0, 0.1) is 20.8 Å². The maximum absolute atomic E-state index is 12.7. The maximum Gasteiger partial charge on any atom is 0.251 e. The average molecular weight is 366 g/mol. The van der Waals surface area contributed by atoms with Gasteiger partial charge in [-0.15, -0.1) is 0 Å². The number of aryl methyl sites for hydroxylation is 3. The molecule has 0 aliphatic carbocycles. The minimum atomic E-state index is 0.00402. The second-order valence-corrected chi connectivity index (χ2v) is 7.77. The molecule has 1 atom stereocenters. The third-order valence-electron chi connectivity index (χ3n) is 5.67. The molecule has 2 aromatic carbocycles. The van der Waals surface area contributed by atoms with E-state index in [1.807, 2.05) is 25.1 Å². The molecule has 4 heteroatoms. The predicted octanol–water partition coefficient (Wildman–Crippen LogP) is 3.33. The average Bonchev–Trinajstić information content (AvgIpc) is 2.66. The summed E-state index contributed by atoms with van der Waals surface area (Å²) in [6.07, 6.45) is 0. The third-order valence-corrected chi connectivity index (χ3v) is 5.67. The standard InChI is InChI=1S/C23H31N3O/c1-17-5-8-20(9-6-17)22(26-13-11-25(4)12-14-26)16-24-23(27)21-10-7-18(2)19(3)15-21/h5-10,15,22H,11-14,16H2,1-4H3,(H,24,27)/t22-/m1/s1. The van der Waals surface area contributed by atoms with Crippen LogP contribution >= 0.6 is 0 Å². The molecule has 4 nitrogen and oxygen atoms in total. The van der Waals surface area contributed by atoms with Gasteiger partial charge in [0.25, 0.3) is 5.91 Å². The zero-order valence-corrected chi connectivity index (χ0v) is 17.0. The van der Waals surface area contributed by atoms with E-state index in [9.17, 15) is 4.79 Å². The van der Waals surface area contributed by atoms with Crippen LogP contribution in [0.25, 0.3) is 0 Å². The lowest BCUT2D eigenvalue weighted by Crippen LogP contribution is -2.48. The molecule has 1 aliphatic heterocycles. The number of nitrogens with zero attached hydrogens (tertiary/aromatic N) is 2. The summed E-state index contributed by atoms with van der Waals surface area (Å²) in [5.41, 5.74) is 5.62. The molecule has 1 fully saturated rings. The number of hydrogen-bond donors (Lipinski definition) is 1. The first-order valence-corrected chi connectivity index (χ1v) is 9.78. The monoisotopic (exact) mass is 365 g/mol. The summed E-state index contributed by atoms with van der Waals surface area (Å²) in [5.74, 6) is 0.00402. The largest absolute Gasteiger partial charge is 0.350 e. The highest BCUT2D eigenvalue weighted by Crippen LogP contribution is 2.22. The summed E-state index contributed by atoms with van der Waals surface area (Å²) < 4.78 is 0. The Morgan fingerprint density at radius 1 is 0.963 bits per heavy atom. The highest BCUT2D eigenvalue weighted by atomic mass is 16.1. The van der Waals surface area contributed by atoms with Gasteiger partial charge in [-0.3, -0.25) is 9.69 Å². The van der Waals surface area contributed by atoms with Crippen molar-refractivity contribution in [3.63, 3.8) is 0 Å². The number of benzene rings is 2. The highest BCUT2D eigenvalue weighted by Gasteiger charge is 2.24. The van der Waals surface area contributed by atoms with E-state index < -0.39 is 0 Å². The highest BCUT2D eigenvalue weighted by molar-refractivity contribution is 5.94. The predicted molar refractivity (Wildman–Crippen MR) is 111 cm³/mol. The smallest absolute Gasteiger partial charge is 0.251 e. The minimum Gasteiger partial charge on any atom is -0.350 e. The molecule has 1 aliphatic rings. The van der Waals surface area contributed by atoms with E-state index in [0.717, 1.165) is 37.3 Å². The Hall–Kier alpha value is -2.17. The van der Waals surface area contributed by atoms with Crippen LogP contribution in [0.3, 0.4) is 0 Å². The van der Waals surface area contributed by atoms with Crippen molar-refractivity contribution >= 4 is 5.91 Å². The lowest BCUT2D eigenvalue weighted by molar-refractivity contribution is 0.0886. The topological polar surface area (TPSA) is 35.6 Å². The van der Waals surface area contributed by atoms with Crippen molar-refractivity contribution in [1.29, 1.82) is 0 Å². The number of piperazine rings is 1. The van der Waals surface area contributed by atoms with Gasteiger partial charge >= 0.3 is 0 Å². The molecule has 1 N–H and O–H groups in total. The van der Waals surface area contributed by atoms with Crippen molar-refractivity contribution in [3.05, 3.63) is 70.3 Å². The molecule has 27 heavy (non-hydrogen) atoms. The molecule has 1 saturated heterocycles. The fourth-order valence-electron chi connectivity index (χ4n) is 3.55. The Labute approximate surface area is 163 Å². The van der Waals surface area contributed by atoms with Gasteiger partial charge in [0.1, 0.15) is 0 Å². The molecule has 2 aromatic rings. The van der Waals surface area contributed by atoms with Crippen molar-refractivity contribution < 1.29 is 4.79 Å². The molecule has 0 spiro atoms. The van der Waals surface area contributed by atoms with Crippen LogP contribution < -0.4 is 5.32 Å². The number of carbonyl (C=O) groups excluding carboxylic acids is 1. The van der Waals surface area contributed by atoms with Crippen LogP contribution in [0.1, 0.15) is 38.7 Å². The molecule has 144 valence electrons. The molecular formula is C23H31N3O. The molecule has 0 bridgehead atoms. The van der Waals surface area contributed by atoms with Crippen LogP contribution in [0.15, 0.2) is 42.5 Å². The van der Waals surface area contributed by atoms with E-state index in [1.54, 1.807) is 0 Å². The van der Waals surface area contributed by atoms with E-state index in [2.05, 4.69) is 60.3 Å². The van der Waals surface area contributed by atoms with Crippen molar-refractivity contribution in [1.82, 2.24) is 15.1 Å². The van der Waals surface area contributed by atoms with Crippen molar-refractivity contribution in [2.45, 2.75) is 26.8 Å². The first-order valence-electron chi connectivity index (χ1n) is 9.78. The van der Waals surface area contributed by atoms with Crippen LogP contribution in [-0.2, 0) is 0 Å². The van der Waals surface area contributed by atoms with Gasteiger partial charge in [0.15, 0.2) is 0 Å². The molecular weight excluding hydrogens is 334 g/mol. The number of rotatable bonds is 5. The Kier molecular flexibility index (Phi) is 6.30. The molecule has 0 radical (unpaired) electrons. The number of likely N-dealkylation sites (N-methyl/N-ethyl adjacent to an activating group) is 1. The molecule has 0 saturated carbocycles. The summed E-state index contributed by atoms with van der Waals surface area (Å²) in [6, 6.07) is 14.8. The Morgan fingerprint density at radius 3 is 2.26 bits per heavy atom. The van der Waals surface area contributed by atoms with Crippen molar-refractivity contribution in [2.75, 3.05) is 39.8 Å². The quantitative estimate of drug-likeness (QED) is 0.883. The Balaban J connectivity index is 1.73. The summed E-state index contributed by atoms with van der Waals surface area (Å²) in [6.45, 7) is 11.0.